The van der Waals surface area contributed by atoms with Crippen molar-refractivity contribution in [3.8, 4) is 39.7 Å². The molecule has 7 rings (SSSR count). The largest absolute Gasteiger partial charge is 0.487 e. The van der Waals surface area contributed by atoms with Crippen LogP contribution in [0, 0.1) is 5.82 Å². The first-order valence-electron chi connectivity index (χ1n) is 14.0. The lowest BCUT2D eigenvalue weighted by molar-refractivity contribution is 0.305. The predicted octanol–water partition coefficient (Wildman–Crippen LogP) is 6.00. The topological polar surface area (TPSA) is 139 Å². The third-order valence-electron chi connectivity index (χ3n) is 7.24. The summed E-state index contributed by atoms with van der Waals surface area (Å²) in [6.07, 6.45) is 6.11. The van der Waals surface area contributed by atoms with E-state index in [1.54, 1.807) is 24.7 Å². The molecule has 0 fully saturated rings. The van der Waals surface area contributed by atoms with Gasteiger partial charge in [0, 0.05) is 41.0 Å². The maximum Gasteiger partial charge on any atom is 0.209 e. The molecule has 0 radical (unpaired) electrons. The summed E-state index contributed by atoms with van der Waals surface area (Å²) in [4.78, 5) is 17.2. The fourth-order valence-electron chi connectivity index (χ4n) is 5.14. The van der Waals surface area contributed by atoms with Crippen LogP contribution in [0.25, 0.3) is 55.8 Å². The number of aromatic nitrogens is 6. The van der Waals surface area contributed by atoms with Crippen molar-refractivity contribution >= 4 is 32.0 Å². The number of fused-ring (bicyclic) bond motifs is 2. The third-order valence-corrected chi connectivity index (χ3v) is 7.91. The SMILES string of the molecule is CS(=O)(=O)NCc1cc(F)cc(-c2nccc3[nH]c(-c4n[nH]c5ccc(-c6cncc(OCc7ccccc7)c6)nc45)cc23)c1. The molecule has 0 spiro atoms. The van der Waals surface area contributed by atoms with Gasteiger partial charge in [-0.1, -0.05) is 30.3 Å². The van der Waals surface area contributed by atoms with Crippen LogP contribution in [-0.2, 0) is 23.2 Å². The highest BCUT2D eigenvalue weighted by atomic mass is 32.2. The van der Waals surface area contributed by atoms with Crippen molar-refractivity contribution in [3.63, 3.8) is 0 Å². The van der Waals surface area contributed by atoms with Gasteiger partial charge in [0.2, 0.25) is 10.0 Å². The fourth-order valence-corrected chi connectivity index (χ4v) is 5.57. The number of aromatic amines is 2. The Morgan fingerprint density at radius 1 is 0.889 bits per heavy atom. The van der Waals surface area contributed by atoms with Crippen LogP contribution in [0.4, 0.5) is 4.39 Å². The Balaban J connectivity index is 1.22. The van der Waals surface area contributed by atoms with Gasteiger partial charge in [-0.25, -0.2) is 22.5 Å². The van der Waals surface area contributed by atoms with Gasteiger partial charge in [0.1, 0.15) is 29.4 Å². The van der Waals surface area contributed by atoms with Crippen LogP contribution in [0.5, 0.6) is 5.75 Å². The number of nitrogens with one attached hydrogen (secondary N) is 3. The summed E-state index contributed by atoms with van der Waals surface area (Å²) < 4.78 is 46.1. The van der Waals surface area contributed by atoms with Crippen molar-refractivity contribution in [2.45, 2.75) is 13.2 Å². The van der Waals surface area contributed by atoms with Gasteiger partial charge in [0.25, 0.3) is 0 Å². The molecule has 5 aromatic heterocycles. The second-order valence-electron chi connectivity index (χ2n) is 10.6. The van der Waals surface area contributed by atoms with Gasteiger partial charge in [-0.3, -0.25) is 15.1 Å². The van der Waals surface area contributed by atoms with E-state index in [2.05, 4.69) is 29.9 Å². The van der Waals surface area contributed by atoms with Crippen LogP contribution < -0.4 is 9.46 Å². The van der Waals surface area contributed by atoms with Crippen LogP contribution in [0.1, 0.15) is 11.1 Å². The Morgan fingerprint density at radius 2 is 1.76 bits per heavy atom. The second kappa shape index (κ2) is 11.6. The average Bonchev–Trinajstić information content (AvgIpc) is 3.67. The molecule has 2 aromatic carbocycles. The van der Waals surface area contributed by atoms with Gasteiger partial charge >= 0.3 is 0 Å². The van der Waals surface area contributed by atoms with E-state index in [1.807, 2.05) is 60.7 Å². The second-order valence-corrected chi connectivity index (χ2v) is 12.4. The van der Waals surface area contributed by atoms with Crippen LogP contribution in [0.3, 0.4) is 0 Å². The quantitative estimate of drug-likeness (QED) is 0.180. The number of benzene rings is 2. The van der Waals surface area contributed by atoms with Crippen LogP contribution >= 0.6 is 0 Å². The molecular weight excluding hydrogens is 593 g/mol. The lowest BCUT2D eigenvalue weighted by Gasteiger charge is -2.08. The lowest BCUT2D eigenvalue weighted by atomic mass is 10.0. The minimum atomic E-state index is -3.44. The zero-order valence-electron chi connectivity index (χ0n) is 24.0. The summed E-state index contributed by atoms with van der Waals surface area (Å²) >= 11 is 0. The number of ether oxygens (including phenoxy) is 1. The van der Waals surface area contributed by atoms with Gasteiger partial charge in [-0.05, 0) is 59.7 Å². The van der Waals surface area contributed by atoms with Crippen molar-refractivity contribution in [2.75, 3.05) is 6.26 Å². The highest BCUT2D eigenvalue weighted by Crippen LogP contribution is 2.34. The van der Waals surface area contributed by atoms with Crippen molar-refractivity contribution in [2.24, 2.45) is 0 Å². The van der Waals surface area contributed by atoms with Gasteiger partial charge in [0.05, 0.1) is 35.1 Å². The molecule has 10 nitrogen and oxygen atoms in total. The number of pyridine rings is 3. The standard InChI is InChI=1S/C33H26FN7O3S/c1-45(42,43)37-16-21-11-22(13-24(34)12-21)31-26-15-30(38-28(26)9-10-36-31)33-32-29(40-41-33)8-7-27(39-32)23-14-25(18-35-17-23)44-19-20-5-3-2-4-6-20/h2-15,17-18,37-38H,16,19H2,1H3,(H,40,41). The summed E-state index contributed by atoms with van der Waals surface area (Å²) in [5.74, 6) is 0.139. The van der Waals surface area contributed by atoms with E-state index < -0.39 is 15.8 Å². The Morgan fingerprint density at radius 3 is 2.60 bits per heavy atom. The van der Waals surface area contributed by atoms with Gasteiger partial charge in [-0.2, -0.15) is 5.10 Å². The third kappa shape index (κ3) is 6.14. The summed E-state index contributed by atoms with van der Waals surface area (Å²) in [5, 5.41) is 8.35. The van der Waals surface area contributed by atoms with Crippen molar-refractivity contribution in [1.82, 2.24) is 34.9 Å². The molecule has 45 heavy (non-hydrogen) atoms. The number of halogens is 1. The zero-order valence-corrected chi connectivity index (χ0v) is 24.8. The number of hydrogen-bond donors (Lipinski definition) is 3. The first-order chi connectivity index (χ1) is 21.8. The monoisotopic (exact) mass is 619 g/mol. The number of sulfonamides is 1. The van der Waals surface area contributed by atoms with E-state index in [1.165, 1.54) is 12.1 Å². The number of nitrogens with zero attached hydrogens (tertiary/aromatic N) is 4. The minimum absolute atomic E-state index is 0.0389. The molecule has 3 N–H and O–H groups in total. The van der Waals surface area contributed by atoms with Crippen LogP contribution in [-0.4, -0.2) is 44.8 Å². The fraction of sp³-hybridized carbons (Fsp3) is 0.0909. The molecule has 0 aliphatic heterocycles. The lowest BCUT2D eigenvalue weighted by Crippen LogP contribution is -2.21. The number of rotatable bonds is 9. The molecule has 0 saturated heterocycles. The highest BCUT2D eigenvalue weighted by molar-refractivity contribution is 7.88. The van der Waals surface area contributed by atoms with Crippen molar-refractivity contribution in [3.05, 3.63) is 114 Å². The maximum absolute atomic E-state index is 14.6. The van der Waals surface area contributed by atoms with E-state index in [0.29, 0.717) is 51.8 Å². The van der Waals surface area contributed by atoms with E-state index in [0.717, 1.165) is 33.8 Å². The van der Waals surface area contributed by atoms with Crippen molar-refractivity contribution in [1.29, 1.82) is 0 Å². The van der Waals surface area contributed by atoms with Crippen LogP contribution in [0.2, 0.25) is 0 Å². The Bertz CT molecular complexity index is 2290. The van der Waals surface area contributed by atoms with E-state index in [9.17, 15) is 12.8 Å². The van der Waals surface area contributed by atoms with E-state index in [4.69, 9.17) is 9.72 Å². The molecule has 224 valence electrons. The molecule has 0 aliphatic carbocycles. The first kappa shape index (κ1) is 28.3. The summed E-state index contributed by atoms with van der Waals surface area (Å²) in [6.45, 7) is 0.388. The Hall–Kier alpha value is -5.46. The highest BCUT2D eigenvalue weighted by Gasteiger charge is 2.17. The predicted molar refractivity (Wildman–Crippen MR) is 170 cm³/mol. The summed E-state index contributed by atoms with van der Waals surface area (Å²) in [6, 6.07) is 23.8. The van der Waals surface area contributed by atoms with E-state index >= 15 is 0 Å². The van der Waals surface area contributed by atoms with Gasteiger partial charge in [0.15, 0.2) is 0 Å². The molecule has 0 aliphatic rings. The van der Waals surface area contributed by atoms with E-state index in [-0.39, 0.29) is 6.54 Å². The molecule has 0 amide bonds. The van der Waals surface area contributed by atoms with Gasteiger partial charge in [-0.15, -0.1) is 0 Å². The van der Waals surface area contributed by atoms with Gasteiger partial charge < -0.3 is 9.72 Å². The molecule has 0 bridgehead atoms. The number of H-pyrrole nitrogens is 2. The minimum Gasteiger partial charge on any atom is -0.487 e. The molecule has 0 atom stereocenters. The molecular formula is C33H26FN7O3S. The van der Waals surface area contributed by atoms with Crippen LogP contribution in [0.15, 0.2) is 97.5 Å². The molecule has 0 saturated carbocycles. The number of hydrogen-bond acceptors (Lipinski definition) is 7. The molecule has 5 heterocycles. The Kier molecular flexibility index (Phi) is 7.28. The average molecular weight is 620 g/mol. The summed E-state index contributed by atoms with van der Waals surface area (Å²) in [5.41, 5.74) is 7.59. The molecule has 12 heteroatoms. The summed E-state index contributed by atoms with van der Waals surface area (Å²) in [7, 11) is -3.44. The van der Waals surface area contributed by atoms with Crippen molar-refractivity contribution < 1.29 is 17.5 Å². The maximum atomic E-state index is 14.6. The first-order valence-corrected chi connectivity index (χ1v) is 15.9. The molecule has 0 unspecified atom stereocenters. The normalized spacial score (nSPS) is 11.8. The Labute approximate surface area is 257 Å². The zero-order chi connectivity index (χ0) is 31.0. The molecule has 7 aromatic rings. The smallest absolute Gasteiger partial charge is 0.209 e.